The van der Waals surface area contributed by atoms with Gasteiger partial charge in [0.15, 0.2) is 0 Å². The maximum absolute atomic E-state index is 13.5. The minimum atomic E-state index is -0.275. The Labute approximate surface area is 126 Å². The first kappa shape index (κ1) is 13.0. The fourth-order valence-corrected chi connectivity index (χ4v) is 3.06. The van der Waals surface area contributed by atoms with Crippen molar-refractivity contribution in [3.05, 3.63) is 75.6 Å². The molecular formula is C17H14FN3O. The van der Waals surface area contributed by atoms with E-state index in [0.29, 0.717) is 11.3 Å². The van der Waals surface area contributed by atoms with Crippen molar-refractivity contribution in [3.8, 4) is 5.69 Å². The highest BCUT2D eigenvalue weighted by molar-refractivity contribution is 5.83. The molecule has 2 unspecified atom stereocenters. The van der Waals surface area contributed by atoms with Crippen LogP contribution in [0.3, 0.4) is 0 Å². The van der Waals surface area contributed by atoms with Gasteiger partial charge in [0.25, 0.3) is 5.56 Å². The van der Waals surface area contributed by atoms with Crippen LogP contribution >= 0.6 is 0 Å². The second-order valence-corrected chi connectivity index (χ2v) is 5.56. The molecule has 4 nitrogen and oxygen atoms in total. The summed E-state index contributed by atoms with van der Waals surface area (Å²) in [4.78, 5) is 16.9. The van der Waals surface area contributed by atoms with Gasteiger partial charge in [-0.3, -0.25) is 14.4 Å². The Bertz CT molecular complexity index is 882. The topological polar surface area (TPSA) is 46.4 Å². The van der Waals surface area contributed by atoms with E-state index >= 15 is 0 Å². The van der Waals surface area contributed by atoms with Crippen molar-refractivity contribution >= 4 is 6.21 Å². The molecule has 0 bridgehead atoms. The van der Waals surface area contributed by atoms with Crippen LogP contribution in [0.25, 0.3) is 5.69 Å². The molecule has 0 saturated carbocycles. The van der Waals surface area contributed by atoms with Gasteiger partial charge < -0.3 is 5.32 Å². The lowest BCUT2D eigenvalue weighted by Crippen LogP contribution is -2.33. The predicted molar refractivity (Wildman–Crippen MR) is 83.1 cm³/mol. The second-order valence-electron chi connectivity index (χ2n) is 5.56. The molecule has 1 N–H and O–H groups in total. The van der Waals surface area contributed by atoms with Crippen LogP contribution in [0.4, 0.5) is 4.39 Å². The standard InChI is InChI=1S/C17H14FN3O/c1-10-8-12(3-4-14(10)18)21-15(22)5-2-11-9-20-17-13(16(11)21)6-7-19-17/h2-9,13,17,19H,1H3. The maximum atomic E-state index is 13.5. The van der Waals surface area contributed by atoms with E-state index in [4.69, 9.17) is 0 Å². The van der Waals surface area contributed by atoms with Crippen molar-refractivity contribution in [2.75, 3.05) is 0 Å². The molecule has 2 aromatic rings. The van der Waals surface area contributed by atoms with Crippen molar-refractivity contribution in [1.82, 2.24) is 9.88 Å². The van der Waals surface area contributed by atoms with Gasteiger partial charge in [-0.2, -0.15) is 0 Å². The average molecular weight is 295 g/mol. The quantitative estimate of drug-likeness (QED) is 0.877. The summed E-state index contributed by atoms with van der Waals surface area (Å²) in [6.45, 7) is 1.69. The number of aromatic nitrogens is 1. The number of nitrogens with zero attached hydrogens (tertiary/aromatic N) is 2. The Balaban J connectivity index is 2.00. The van der Waals surface area contributed by atoms with E-state index < -0.39 is 0 Å². The summed E-state index contributed by atoms with van der Waals surface area (Å²) in [5.74, 6) is -0.275. The fourth-order valence-electron chi connectivity index (χ4n) is 3.06. The van der Waals surface area contributed by atoms with Crippen molar-refractivity contribution in [1.29, 1.82) is 0 Å². The first-order chi connectivity index (χ1) is 10.6. The second kappa shape index (κ2) is 4.66. The molecule has 5 heteroatoms. The molecule has 1 aromatic carbocycles. The predicted octanol–water partition coefficient (Wildman–Crippen LogP) is 2.24. The van der Waals surface area contributed by atoms with Gasteiger partial charge in [-0.15, -0.1) is 0 Å². The van der Waals surface area contributed by atoms with E-state index in [2.05, 4.69) is 10.3 Å². The summed E-state index contributed by atoms with van der Waals surface area (Å²) in [5, 5.41) is 3.16. The highest BCUT2D eigenvalue weighted by atomic mass is 19.1. The number of fused-ring (bicyclic) bond motifs is 3. The zero-order valence-corrected chi connectivity index (χ0v) is 12.0. The molecule has 2 atom stereocenters. The van der Waals surface area contributed by atoms with Crippen LogP contribution in [0.2, 0.25) is 0 Å². The van der Waals surface area contributed by atoms with Crippen molar-refractivity contribution in [2.45, 2.75) is 19.0 Å². The Morgan fingerprint density at radius 1 is 1.27 bits per heavy atom. The highest BCUT2D eigenvalue weighted by Gasteiger charge is 2.31. The third kappa shape index (κ3) is 1.82. The van der Waals surface area contributed by atoms with Crippen LogP contribution in [0.1, 0.15) is 22.7 Å². The molecule has 0 radical (unpaired) electrons. The van der Waals surface area contributed by atoms with E-state index in [-0.39, 0.29) is 23.5 Å². The minimum absolute atomic E-state index is 0.000686. The van der Waals surface area contributed by atoms with Gasteiger partial charge in [-0.1, -0.05) is 6.08 Å². The molecule has 0 saturated heterocycles. The molecule has 0 aliphatic carbocycles. The van der Waals surface area contributed by atoms with Gasteiger partial charge in [-0.05, 0) is 43.0 Å². The molecule has 110 valence electrons. The van der Waals surface area contributed by atoms with Crippen molar-refractivity contribution in [2.24, 2.45) is 4.99 Å². The first-order valence-corrected chi connectivity index (χ1v) is 7.13. The van der Waals surface area contributed by atoms with Crippen LogP contribution in [-0.4, -0.2) is 16.9 Å². The van der Waals surface area contributed by atoms with Crippen LogP contribution in [0, 0.1) is 12.7 Å². The smallest absolute Gasteiger partial charge is 0.255 e. The summed E-state index contributed by atoms with van der Waals surface area (Å²) in [7, 11) is 0. The van der Waals surface area contributed by atoms with Crippen LogP contribution in [-0.2, 0) is 0 Å². The molecule has 22 heavy (non-hydrogen) atoms. The molecule has 3 heterocycles. The fraction of sp³-hybridized carbons (Fsp3) is 0.176. The summed E-state index contributed by atoms with van der Waals surface area (Å²) >= 11 is 0. The Kier molecular flexibility index (Phi) is 2.76. The zero-order valence-electron chi connectivity index (χ0n) is 12.0. The summed E-state index contributed by atoms with van der Waals surface area (Å²) in [5.41, 5.74) is 2.87. The molecule has 4 rings (SSSR count). The van der Waals surface area contributed by atoms with Gasteiger partial charge >= 0.3 is 0 Å². The molecule has 0 amide bonds. The molecular weight excluding hydrogens is 281 g/mol. The largest absolute Gasteiger partial charge is 0.369 e. The SMILES string of the molecule is Cc1cc(-n2c3c(ccc2=O)C=NC2NC=CC32)ccc1F. The monoisotopic (exact) mass is 295 g/mol. The lowest BCUT2D eigenvalue weighted by atomic mass is 9.95. The van der Waals surface area contributed by atoms with Gasteiger partial charge in [-0.25, -0.2) is 4.39 Å². The summed E-state index contributed by atoms with van der Waals surface area (Å²) in [6.07, 6.45) is 5.57. The third-order valence-corrected chi connectivity index (χ3v) is 4.16. The highest BCUT2D eigenvalue weighted by Crippen LogP contribution is 2.32. The van der Waals surface area contributed by atoms with Gasteiger partial charge in [0.1, 0.15) is 12.0 Å². The lowest BCUT2D eigenvalue weighted by Gasteiger charge is -2.26. The number of aliphatic imine (C=N–C) groups is 1. The van der Waals surface area contributed by atoms with Crippen molar-refractivity contribution in [3.63, 3.8) is 0 Å². The minimum Gasteiger partial charge on any atom is -0.369 e. The Morgan fingerprint density at radius 2 is 2.14 bits per heavy atom. The molecule has 0 spiro atoms. The van der Waals surface area contributed by atoms with Gasteiger partial charge in [0, 0.05) is 29.2 Å². The van der Waals surface area contributed by atoms with Crippen LogP contribution in [0.5, 0.6) is 0 Å². The molecule has 2 aliphatic heterocycles. The van der Waals surface area contributed by atoms with Crippen LogP contribution in [0.15, 0.2) is 52.4 Å². The number of hydrogen-bond donors (Lipinski definition) is 1. The zero-order chi connectivity index (χ0) is 15.3. The van der Waals surface area contributed by atoms with E-state index in [1.807, 2.05) is 12.3 Å². The van der Waals surface area contributed by atoms with Gasteiger partial charge in [0.2, 0.25) is 0 Å². The lowest BCUT2D eigenvalue weighted by molar-refractivity contribution is 0.567. The first-order valence-electron chi connectivity index (χ1n) is 7.13. The molecule has 0 fully saturated rings. The Hall–Kier alpha value is -2.69. The number of nitrogens with one attached hydrogen (secondary N) is 1. The normalized spacial score (nSPS) is 21.4. The number of halogens is 1. The molecule has 2 aliphatic rings. The number of aryl methyl sites for hydroxylation is 1. The third-order valence-electron chi connectivity index (χ3n) is 4.16. The average Bonchev–Trinajstić information content (AvgIpc) is 2.99. The summed E-state index contributed by atoms with van der Waals surface area (Å²) in [6, 6.07) is 8.04. The van der Waals surface area contributed by atoms with E-state index in [1.165, 1.54) is 12.1 Å². The van der Waals surface area contributed by atoms with E-state index in [1.54, 1.807) is 35.9 Å². The number of hydrogen-bond acceptors (Lipinski definition) is 3. The van der Waals surface area contributed by atoms with E-state index in [0.717, 1.165) is 11.3 Å². The van der Waals surface area contributed by atoms with Crippen molar-refractivity contribution < 1.29 is 4.39 Å². The van der Waals surface area contributed by atoms with Crippen LogP contribution < -0.4 is 10.9 Å². The number of rotatable bonds is 1. The van der Waals surface area contributed by atoms with E-state index in [9.17, 15) is 9.18 Å². The summed E-state index contributed by atoms with van der Waals surface area (Å²) < 4.78 is 15.2. The maximum Gasteiger partial charge on any atom is 0.255 e. The number of pyridine rings is 1. The molecule has 1 aromatic heterocycles. The number of benzene rings is 1. The van der Waals surface area contributed by atoms with Gasteiger partial charge in [0.05, 0.1) is 5.92 Å². The Morgan fingerprint density at radius 3 is 2.95 bits per heavy atom.